The van der Waals surface area contributed by atoms with Gasteiger partial charge >= 0.3 is 0 Å². The number of methoxy groups -OCH3 is 1. The molecule has 0 aromatic heterocycles. The first-order valence-electron chi connectivity index (χ1n) is 9.56. The first-order valence-corrected chi connectivity index (χ1v) is 9.56. The van der Waals surface area contributed by atoms with E-state index in [0.29, 0.717) is 25.9 Å². The van der Waals surface area contributed by atoms with Crippen LogP contribution in [0.4, 0.5) is 0 Å². The van der Waals surface area contributed by atoms with Crippen molar-refractivity contribution < 1.29 is 19.7 Å². The van der Waals surface area contributed by atoms with Gasteiger partial charge in [-0.1, -0.05) is 42.5 Å². The molecular weight excluding hydrogens is 356 g/mol. The van der Waals surface area contributed by atoms with Crippen LogP contribution in [0.3, 0.4) is 0 Å². The van der Waals surface area contributed by atoms with Gasteiger partial charge in [0.2, 0.25) is 5.91 Å². The van der Waals surface area contributed by atoms with Gasteiger partial charge in [-0.15, -0.1) is 0 Å². The minimum absolute atomic E-state index is 0.0377. The summed E-state index contributed by atoms with van der Waals surface area (Å²) in [6.45, 7) is 1.29. The maximum atomic E-state index is 12.6. The fourth-order valence-electron chi connectivity index (χ4n) is 3.54. The Bertz CT molecular complexity index is 783. The molecule has 1 fully saturated rings. The number of hydrogen-bond donors (Lipinski definition) is 3. The molecule has 2 aromatic rings. The van der Waals surface area contributed by atoms with Gasteiger partial charge in [0.05, 0.1) is 26.2 Å². The van der Waals surface area contributed by atoms with E-state index in [-0.39, 0.29) is 19.0 Å². The van der Waals surface area contributed by atoms with Gasteiger partial charge in [0.15, 0.2) is 0 Å². The maximum absolute atomic E-state index is 12.6. The van der Waals surface area contributed by atoms with E-state index in [4.69, 9.17) is 4.74 Å². The number of hydrogen-bond acceptors (Lipinski definition) is 5. The van der Waals surface area contributed by atoms with Gasteiger partial charge in [-0.25, -0.2) is 0 Å². The van der Waals surface area contributed by atoms with Crippen LogP contribution in [0.1, 0.15) is 17.5 Å². The summed E-state index contributed by atoms with van der Waals surface area (Å²) in [5.74, 6) is 0.734. The van der Waals surface area contributed by atoms with Gasteiger partial charge in [-0.2, -0.15) is 0 Å². The number of carbonyl (C=O) groups excluding carboxylic acids is 1. The SMILES string of the molecule is COc1cccc(CNC[C@@]2(O)CN(C(=O)Cc3ccccc3)CC[C@@H]2O)c1. The van der Waals surface area contributed by atoms with Gasteiger partial charge in [0.25, 0.3) is 0 Å². The number of benzene rings is 2. The third-order valence-electron chi connectivity index (χ3n) is 5.20. The number of nitrogens with zero attached hydrogens (tertiary/aromatic N) is 1. The molecule has 2 atom stereocenters. The van der Waals surface area contributed by atoms with Gasteiger partial charge in [-0.05, 0) is 29.7 Å². The van der Waals surface area contributed by atoms with E-state index in [9.17, 15) is 15.0 Å². The molecule has 6 nitrogen and oxygen atoms in total. The molecule has 1 aliphatic heterocycles. The summed E-state index contributed by atoms with van der Waals surface area (Å²) in [4.78, 5) is 14.3. The molecule has 0 aliphatic carbocycles. The summed E-state index contributed by atoms with van der Waals surface area (Å²) in [6.07, 6.45) is -0.214. The third kappa shape index (κ3) is 5.10. The number of aliphatic hydroxyl groups excluding tert-OH is 1. The highest BCUT2D eigenvalue weighted by Crippen LogP contribution is 2.22. The second-order valence-electron chi connectivity index (χ2n) is 7.34. The van der Waals surface area contributed by atoms with E-state index in [2.05, 4.69) is 5.32 Å². The van der Waals surface area contributed by atoms with Crippen molar-refractivity contribution in [3.63, 3.8) is 0 Å². The Morgan fingerprint density at radius 3 is 2.71 bits per heavy atom. The zero-order chi connectivity index (χ0) is 20.0. The molecule has 2 aromatic carbocycles. The van der Waals surface area contributed by atoms with Crippen molar-refractivity contribution in [3.8, 4) is 5.75 Å². The average Bonchev–Trinajstić information content (AvgIpc) is 2.71. The lowest BCUT2D eigenvalue weighted by Crippen LogP contribution is -2.62. The second-order valence-corrected chi connectivity index (χ2v) is 7.34. The van der Waals surface area contributed by atoms with Crippen LogP contribution in [-0.2, 0) is 17.8 Å². The summed E-state index contributed by atoms with van der Waals surface area (Å²) >= 11 is 0. The number of aliphatic hydroxyl groups is 2. The molecule has 3 N–H and O–H groups in total. The molecule has 0 spiro atoms. The smallest absolute Gasteiger partial charge is 0.227 e. The standard InChI is InChI=1S/C22H28N2O4/c1-28-19-9-5-8-18(12-19)14-23-15-22(27)16-24(11-10-20(22)25)21(26)13-17-6-3-2-4-7-17/h2-9,12,20,23,25,27H,10-11,13-16H2,1H3/t20-,22+/m0/s1. The van der Waals surface area contributed by atoms with E-state index in [1.807, 2.05) is 54.6 Å². The van der Waals surface area contributed by atoms with Crippen LogP contribution in [0.15, 0.2) is 54.6 Å². The Kier molecular flexibility index (Phi) is 6.67. The summed E-state index contributed by atoms with van der Waals surface area (Å²) in [6, 6.07) is 17.2. The lowest BCUT2D eigenvalue weighted by Gasteiger charge is -2.43. The van der Waals surface area contributed by atoms with E-state index < -0.39 is 11.7 Å². The van der Waals surface area contributed by atoms with Crippen molar-refractivity contribution in [3.05, 3.63) is 65.7 Å². The molecule has 6 heteroatoms. The van der Waals surface area contributed by atoms with Gasteiger partial charge < -0.3 is 25.2 Å². The Labute approximate surface area is 165 Å². The van der Waals surface area contributed by atoms with Crippen molar-refractivity contribution >= 4 is 5.91 Å². The summed E-state index contributed by atoms with van der Waals surface area (Å²) in [5.41, 5.74) is 0.590. The quantitative estimate of drug-likeness (QED) is 0.671. The number of rotatable bonds is 7. The molecule has 28 heavy (non-hydrogen) atoms. The molecule has 0 bridgehead atoms. The highest BCUT2D eigenvalue weighted by atomic mass is 16.5. The number of piperidine rings is 1. The van der Waals surface area contributed by atoms with Crippen molar-refractivity contribution in [2.24, 2.45) is 0 Å². The van der Waals surface area contributed by atoms with E-state index in [0.717, 1.165) is 16.9 Å². The Morgan fingerprint density at radius 2 is 1.96 bits per heavy atom. The van der Waals surface area contributed by atoms with Gasteiger partial charge in [-0.3, -0.25) is 4.79 Å². The molecule has 1 aliphatic rings. The molecular formula is C22H28N2O4. The molecule has 3 rings (SSSR count). The first-order chi connectivity index (χ1) is 13.5. The van der Waals surface area contributed by atoms with Crippen molar-refractivity contribution in [1.82, 2.24) is 10.2 Å². The van der Waals surface area contributed by atoms with Crippen LogP contribution in [-0.4, -0.2) is 59.5 Å². The van der Waals surface area contributed by atoms with Crippen molar-refractivity contribution in [2.75, 3.05) is 26.7 Å². The summed E-state index contributed by atoms with van der Waals surface area (Å²) in [7, 11) is 1.62. The summed E-state index contributed by atoms with van der Waals surface area (Å²) < 4.78 is 5.22. The van der Waals surface area contributed by atoms with Crippen LogP contribution in [0.2, 0.25) is 0 Å². The third-order valence-corrected chi connectivity index (χ3v) is 5.20. The normalized spacial score (nSPS) is 22.1. The average molecular weight is 384 g/mol. The second kappa shape index (κ2) is 9.19. The van der Waals surface area contributed by atoms with Crippen LogP contribution < -0.4 is 10.1 Å². The number of β-amino-alcohol motifs (C(OH)–C–C–N with tert-alkyl or cyclic N) is 1. The maximum Gasteiger partial charge on any atom is 0.227 e. The van der Waals surface area contributed by atoms with Gasteiger partial charge in [0, 0.05) is 19.6 Å². The molecule has 0 saturated carbocycles. The fraction of sp³-hybridized carbons (Fsp3) is 0.409. The number of ether oxygens (including phenoxy) is 1. The predicted molar refractivity (Wildman–Crippen MR) is 107 cm³/mol. The molecule has 1 heterocycles. The predicted octanol–water partition coefficient (Wildman–Crippen LogP) is 1.35. The van der Waals surface area contributed by atoms with Crippen LogP contribution in [0.5, 0.6) is 5.75 Å². The highest BCUT2D eigenvalue weighted by molar-refractivity contribution is 5.79. The van der Waals surface area contributed by atoms with Crippen LogP contribution >= 0.6 is 0 Å². The zero-order valence-corrected chi connectivity index (χ0v) is 16.2. The number of carbonyl (C=O) groups is 1. The topological polar surface area (TPSA) is 82.0 Å². The largest absolute Gasteiger partial charge is 0.497 e. The minimum atomic E-state index is -1.37. The lowest BCUT2D eigenvalue weighted by molar-refractivity contribution is -0.150. The Morgan fingerprint density at radius 1 is 1.21 bits per heavy atom. The van der Waals surface area contributed by atoms with E-state index >= 15 is 0 Å². The van der Waals surface area contributed by atoms with Gasteiger partial charge in [0.1, 0.15) is 11.4 Å². The zero-order valence-electron chi connectivity index (χ0n) is 16.2. The monoisotopic (exact) mass is 384 g/mol. The van der Waals surface area contributed by atoms with E-state index in [1.165, 1.54) is 0 Å². The highest BCUT2D eigenvalue weighted by Gasteiger charge is 2.42. The molecule has 1 amide bonds. The first kappa shape index (κ1) is 20.3. The van der Waals surface area contributed by atoms with Crippen LogP contribution in [0, 0.1) is 0 Å². The van der Waals surface area contributed by atoms with Crippen molar-refractivity contribution in [1.29, 1.82) is 0 Å². The molecule has 1 saturated heterocycles. The molecule has 0 radical (unpaired) electrons. The van der Waals surface area contributed by atoms with E-state index in [1.54, 1.807) is 12.0 Å². The fourth-order valence-corrected chi connectivity index (χ4v) is 3.54. The van der Waals surface area contributed by atoms with Crippen LogP contribution in [0.25, 0.3) is 0 Å². The number of nitrogens with one attached hydrogen (secondary N) is 1. The number of amides is 1. The Balaban J connectivity index is 1.57. The van der Waals surface area contributed by atoms with Crippen molar-refractivity contribution in [2.45, 2.75) is 31.1 Å². The molecule has 150 valence electrons. The molecule has 0 unspecified atom stereocenters. The number of likely N-dealkylation sites (tertiary alicyclic amines) is 1. The summed E-state index contributed by atoms with van der Waals surface area (Å²) in [5, 5.41) is 24.5. The minimum Gasteiger partial charge on any atom is -0.497 e. The Hall–Kier alpha value is -2.41. The lowest BCUT2D eigenvalue weighted by atomic mass is 9.89.